The van der Waals surface area contributed by atoms with Crippen molar-refractivity contribution in [2.75, 3.05) is 0 Å². The fourth-order valence-corrected chi connectivity index (χ4v) is 3.15. The van der Waals surface area contributed by atoms with E-state index in [1.54, 1.807) is 0 Å². The number of benzene rings is 3. The summed E-state index contributed by atoms with van der Waals surface area (Å²) in [5, 5.41) is 2.44. The van der Waals surface area contributed by atoms with Crippen LogP contribution in [0.15, 0.2) is 72.9 Å². The summed E-state index contributed by atoms with van der Waals surface area (Å²) >= 11 is 0. The van der Waals surface area contributed by atoms with Crippen molar-refractivity contribution in [3.8, 4) is 22.4 Å². The van der Waals surface area contributed by atoms with Crippen LogP contribution in [-0.2, 0) is 39.8 Å². The van der Waals surface area contributed by atoms with Crippen molar-refractivity contribution in [3.63, 3.8) is 0 Å². The second kappa shape index (κ2) is 8.75. The van der Waals surface area contributed by atoms with E-state index in [1.807, 2.05) is 12.1 Å². The summed E-state index contributed by atoms with van der Waals surface area (Å²) < 4.78 is 2.13. The molecule has 0 saturated heterocycles. The SMILES string of the molecule is Cc1ccc(-c2[c-]ccc3ccccc23)[c-]c1-c1cccc[n+]1C.[B].[Y]. The molecular weight excluding hydrogens is 390 g/mol. The van der Waals surface area contributed by atoms with Crippen molar-refractivity contribution in [2.24, 2.45) is 7.05 Å². The molecule has 0 aliphatic rings. The van der Waals surface area contributed by atoms with E-state index in [2.05, 4.69) is 91.5 Å². The number of rotatable bonds is 2. The molecule has 0 amide bonds. The Bertz CT molecular complexity index is 1040. The molecule has 0 atom stereocenters. The van der Waals surface area contributed by atoms with Crippen LogP contribution in [-0.4, -0.2) is 8.41 Å². The van der Waals surface area contributed by atoms with E-state index in [0.717, 1.165) is 22.4 Å². The standard InChI is InChI=1S/C23H18N.B.Y/c1-17-13-14-19(16-22(17)23-12-5-6-15-24(23)2)21-11-7-9-18-8-3-4-10-20(18)21;;/h3-10,12-15H,1-2H3;;/q-1;;. The fourth-order valence-electron chi connectivity index (χ4n) is 3.15. The van der Waals surface area contributed by atoms with Crippen LogP contribution >= 0.6 is 0 Å². The van der Waals surface area contributed by atoms with E-state index in [4.69, 9.17) is 0 Å². The molecule has 1 heterocycles. The van der Waals surface area contributed by atoms with E-state index in [9.17, 15) is 0 Å². The van der Waals surface area contributed by atoms with Crippen molar-refractivity contribution in [3.05, 3.63) is 90.6 Å². The van der Waals surface area contributed by atoms with Gasteiger partial charge >= 0.3 is 0 Å². The van der Waals surface area contributed by atoms with Gasteiger partial charge in [0.2, 0.25) is 0 Å². The molecule has 4 aromatic rings. The van der Waals surface area contributed by atoms with Gasteiger partial charge in [-0.05, 0) is 6.07 Å². The molecule has 4 rings (SSSR count). The number of pyridine rings is 1. The predicted octanol–water partition coefficient (Wildman–Crippen LogP) is 4.52. The van der Waals surface area contributed by atoms with Crippen LogP contribution in [0.25, 0.3) is 33.2 Å². The molecule has 122 valence electrons. The van der Waals surface area contributed by atoms with Gasteiger partial charge in [0, 0.05) is 47.2 Å². The summed E-state index contributed by atoms with van der Waals surface area (Å²) in [6.45, 7) is 2.13. The molecule has 4 radical (unpaired) electrons. The molecular formula is C23H18BNY-. The van der Waals surface area contributed by atoms with Crippen LogP contribution in [0.1, 0.15) is 5.56 Å². The average Bonchev–Trinajstić information content (AvgIpc) is 2.62. The minimum absolute atomic E-state index is 0. The molecule has 0 spiro atoms. The maximum Gasteiger partial charge on any atom is 0.161 e. The maximum atomic E-state index is 3.63. The van der Waals surface area contributed by atoms with Crippen molar-refractivity contribution < 1.29 is 37.3 Å². The largest absolute Gasteiger partial charge is 0.234 e. The zero-order valence-corrected chi connectivity index (χ0v) is 17.9. The number of hydrogen-bond acceptors (Lipinski definition) is 0. The molecule has 0 aliphatic carbocycles. The molecule has 26 heavy (non-hydrogen) atoms. The third-order valence-electron chi connectivity index (χ3n) is 4.46. The Labute approximate surface area is 182 Å². The van der Waals surface area contributed by atoms with Crippen LogP contribution in [0.3, 0.4) is 0 Å². The van der Waals surface area contributed by atoms with Crippen LogP contribution in [0.5, 0.6) is 0 Å². The smallest absolute Gasteiger partial charge is 0.161 e. The van der Waals surface area contributed by atoms with Gasteiger partial charge in [0.05, 0.1) is 0 Å². The Hall–Kier alpha value is -1.76. The van der Waals surface area contributed by atoms with E-state index >= 15 is 0 Å². The number of aromatic nitrogens is 1. The van der Waals surface area contributed by atoms with Crippen molar-refractivity contribution >= 4 is 19.2 Å². The first kappa shape index (κ1) is 20.5. The van der Waals surface area contributed by atoms with Gasteiger partial charge in [-0.1, -0.05) is 36.8 Å². The van der Waals surface area contributed by atoms with Gasteiger partial charge < -0.3 is 0 Å². The van der Waals surface area contributed by atoms with Crippen LogP contribution in [0, 0.1) is 19.1 Å². The molecule has 0 fully saturated rings. The Morgan fingerprint density at radius 1 is 0.846 bits per heavy atom. The van der Waals surface area contributed by atoms with E-state index in [0.29, 0.717) is 0 Å². The molecule has 0 N–H and O–H groups in total. The van der Waals surface area contributed by atoms with Crippen molar-refractivity contribution in [1.29, 1.82) is 0 Å². The zero-order valence-electron chi connectivity index (χ0n) is 15.0. The van der Waals surface area contributed by atoms with E-state index in [-0.39, 0.29) is 41.1 Å². The molecule has 1 aromatic heterocycles. The van der Waals surface area contributed by atoms with Crippen LogP contribution in [0.2, 0.25) is 0 Å². The van der Waals surface area contributed by atoms with Gasteiger partial charge in [-0.25, -0.2) is 10.1 Å². The van der Waals surface area contributed by atoms with Gasteiger partial charge in [-0.15, -0.1) is 34.5 Å². The summed E-state index contributed by atoms with van der Waals surface area (Å²) in [6.07, 6.45) is 2.07. The molecule has 0 saturated carbocycles. The number of hydrogen-bond donors (Lipinski definition) is 0. The summed E-state index contributed by atoms with van der Waals surface area (Å²) in [7, 11) is 2.07. The van der Waals surface area contributed by atoms with Gasteiger partial charge in [0.1, 0.15) is 12.7 Å². The van der Waals surface area contributed by atoms with Gasteiger partial charge in [0.25, 0.3) is 0 Å². The molecule has 0 bridgehead atoms. The van der Waals surface area contributed by atoms with Crippen molar-refractivity contribution in [2.45, 2.75) is 6.92 Å². The summed E-state index contributed by atoms with van der Waals surface area (Å²) in [5.41, 5.74) is 5.71. The van der Waals surface area contributed by atoms with Gasteiger partial charge in [0.15, 0.2) is 6.20 Å². The molecule has 0 unspecified atom stereocenters. The minimum atomic E-state index is 0. The second-order valence-corrected chi connectivity index (χ2v) is 6.07. The first-order chi connectivity index (χ1) is 11.7. The Balaban J connectivity index is 0.00000121. The predicted molar refractivity (Wildman–Crippen MR) is 104 cm³/mol. The monoisotopic (exact) mass is 408 g/mol. The third kappa shape index (κ3) is 3.82. The Kier molecular flexibility index (Phi) is 6.92. The Morgan fingerprint density at radius 3 is 2.42 bits per heavy atom. The minimum Gasteiger partial charge on any atom is -0.234 e. The summed E-state index contributed by atoms with van der Waals surface area (Å²) in [6, 6.07) is 30.1. The topological polar surface area (TPSA) is 3.88 Å². The molecule has 1 nitrogen and oxygen atoms in total. The molecule has 3 heteroatoms. The number of fused-ring (bicyclic) bond motifs is 1. The van der Waals surface area contributed by atoms with Gasteiger partial charge in [-0.3, -0.25) is 0 Å². The molecule has 0 aliphatic heterocycles. The number of nitrogens with zero attached hydrogens (tertiary/aromatic N) is 1. The normalized spacial score (nSPS) is 10.1. The van der Waals surface area contributed by atoms with Crippen LogP contribution < -0.4 is 4.57 Å². The van der Waals surface area contributed by atoms with Crippen LogP contribution in [0.4, 0.5) is 0 Å². The third-order valence-corrected chi connectivity index (χ3v) is 4.46. The Morgan fingerprint density at radius 2 is 1.62 bits per heavy atom. The average molecular weight is 408 g/mol. The van der Waals surface area contributed by atoms with E-state index < -0.39 is 0 Å². The fraction of sp³-hybridized carbons (Fsp3) is 0.0870. The second-order valence-electron chi connectivity index (χ2n) is 6.07. The van der Waals surface area contributed by atoms with Crippen molar-refractivity contribution in [1.82, 2.24) is 0 Å². The summed E-state index contributed by atoms with van der Waals surface area (Å²) in [5.74, 6) is 0. The first-order valence-corrected chi connectivity index (χ1v) is 8.12. The quantitative estimate of drug-likeness (QED) is 0.261. The summed E-state index contributed by atoms with van der Waals surface area (Å²) in [4.78, 5) is 0. The maximum absolute atomic E-state index is 3.63. The van der Waals surface area contributed by atoms with Gasteiger partial charge in [-0.2, -0.15) is 29.8 Å². The zero-order chi connectivity index (χ0) is 16.5. The molecule has 3 aromatic carbocycles. The van der Waals surface area contributed by atoms with E-state index in [1.165, 1.54) is 16.3 Å². The number of aryl methyl sites for hydroxylation is 2. The first-order valence-electron chi connectivity index (χ1n) is 8.12.